The highest BCUT2D eigenvalue weighted by Gasteiger charge is 2.15. The molecule has 0 saturated heterocycles. The van der Waals surface area contributed by atoms with Crippen molar-refractivity contribution >= 4 is 46.2 Å². The first-order valence-electron chi connectivity index (χ1n) is 10.2. The normalized spacial score (nSPS) is 10.8. The van der Waals surface area contributed by atoms with E-state index in [0.717, 1.165) is 0 Å². The zero-order valence-electron chi connectivity index (χ0n) is 18.8. The van der Waals surface area contributed by atoms with Crippen LogP contribution in [0.3, 0.4) is 0 Å². The van der Waals surface area contributed by atoms with Crippen LogP contribution in [-0.4, -0.2) is 26.1 Å². The highest BCUT2D eigenvalue weighted by atomic mass is 127. The summed E-state index contributed by atoms with van der Waals surface area (Å²) < 4.78 is 30.4. The third-order valence-corrected chi connectivity index (χ3v) is 5.62. The first kappa shape index (κ1) is 25.7. The molecule has 3 aromatic rings. The molecule has 1 amide bonds. The molecule has 0 spiro atoms. The van der Waals surface area contributed by atoms with E-state index in [9.17, 15) is 19.2 Å². The van der Waals surface area contributed by atoms with Gasteiger partial charge in [0, 0.05) is 11.3 Å². The molecule has 9 heteroatoms. The number of anilines is 1. The number of carbonyl (C=O) groups excluding carboxylic acids is 2. The van der Waals surface area contributed by atoms with Gasteiger partial charge in [-0.15, -0.1) is 0 Å². The Bertz CT molecular complexity index is 1320. The Hall–Kier alpha value is -3.91. The molecule has 0 bridgehead atoms. The Balaban J connectivity index is 1.79. The van der Waals surface area contributed by atoms with Crippen molar-refractivity contribution in [1.29, 1.82) is 5.26 Å². The number of nitriles is 1. The lowest BCUT2D eigenvalue weighted by atomic mass is 10.1. The largest absolute Gasteiger partial charge is 0.493 e. The molecule has 0 aliphatic rings. The van der Waals surface area contributed by atoms with Crippen molar-refractivity contribution < 1.29 is 28.2 Å². The summed E-state index contributed by atoms with van der Waals surface area (Å²) in [5.41, 5.74) is 1.54. The van der Waals surface area contributed by atoms with Crippen LogP contribution in [-0.2, 0) is 16.1 Å². The minimum atomic E-state index is -0.618. The molecule has 0 aliphatic carbocycles. The van der Waals surface area contributed by atoms with Crippen LogP contribution >= 0.6 is 22.6 Å². The number of benzene rings is 3. The summed E-state index contributed by atoms with van der Waals surface area (Å²) in [5.74, 6) is -0.694. The number of esters is 1. The molecule has 3 aromatic carbocycles. The number of rotatable bonds is 8. The Labute approximate surface area is 215 Å². The molecule has 0 fully saturated rings. The van der Waals surface area contributed by atoms with Gasteiger partial charge in [0.05, 0.1) is 23.4 Å². The molecule has 0 radical (unpaired) electrons. The number of methoxy groups -OCH3 is 2. The van der Waals surface area contributed by atoms with Crippen molar-refractivity contribution in [2.24, 2.45) is 0 Å². The number of nitrogens with zero attached hydrogens (tertiary/aromatic N) is 1. The van der Waals surface area contributed by atoms with Crippen molar-refractivity contribution in [1.82, 2.24) is 0 Å². The van der Waals surface area contributed by atoms with E-state index in [1.165, 1.54) is 50.6 Å². The number of ether oxygens (including phenoxy) is 3. The molecule has 7 nitrogen and oxygen atoms in total. The lowest BCUT2D eigenvalue weighted by molar-refractivity contribution is -0.112. The molecule has 0 unspecified atom stereocenters. The van der Waals surface area contributed by atoms with Crippen LogP contribution < -0.4 is 14.8 Å². The maximum Gasteiger partial charge on any atom is 0.337 e. The predicted molar refractivity (Wildman–Crippen MR) is 136 cm³/mol. The van der Waals surface area contributed by atoms with Crippen molar-refractivity contribution in [3.63, 3.8) is 0 Å². The Morgan fingerprint density at radius 1 is 1.11 bits per heavy atom. The monoisotopic (exact) mass is 586 g/mol. The number of halogens is 2. The average molecular weight is 586 g/mol. The predicted octanol–water partition coefficient (Wildman–Crippen LogP) is 5.35. The summed E-state index contributed by atoms with van der Waals surface area (Å²) in [5, 5.41) is 12.2. The van der Waals surface area contributed by atoms with E-state index in [1.54, 1.807) is 30.3 Å². The van der Waals surface area contributed by atoms with Gasteiger partial charge in [-0.25, -0.2) is 9.18 Å². The molecule has 178 valence electrons. The number of amides is 1. The smallest absolute Gasteiger partial charge is 0.337 e. The van der Waals surface area contributed by atoms with Crippen molar-refractivity contribution in [3.05, 3.63) is 92.3 Å². The molecular weight excluding hydrogens is 566 g/mol. The molecule has 0 atom stereocenters. The topological polar surface area (TPSA) is 97.7 Å². The van der Waals surface area contributed by atoms with Gasteiger partial charge < -0.3 is 19.5 Å². The summed E-state index contributed by atoms with van der Waals surface area (Å²) in [4.78, 5) is 24.2. The van der Waals surface area contributed by atoms with Crippen LogP contribution in [0.25, 0.3) is 6.08 Å². The fourth-order valence-electron chi connectivity index (χ4n) is 3.05. The van der Waals surface area contributed by atoms with Gasteiger partial charge in [-0.05, 0) is 76.7 Å². The van der Waals surface area contributed by atoms with Gasteiger partial charge in [-0.1, -0.05) is 18.2 Å². The van der Waals surface area contributed by atoms with E-state index < -0.39 is 11.9 Å². The molecule has 0 aliphatic heterocycles. The van der Waals surface area contributed by atoms with E-state index in [1.807, 2.05) is 28.7 Å². The van der Waals surface area contributed by atoms with E-state index in [4.69, 9.17) is 9.47 Å². The number of hydrogen-bond acceptors (Lipinski definition) is 6. The molecule has 0 saturated carbocycles. The van der Waals surface area contributed by atoms with Gasteiger partial charge in [0.2, 0.25) is 0 Å². The van der Waals surface area contributed by atoms with Gasteiger partial charge in [0.1, 0.15) is 24.1 Å². The minimum absolute atomic E-state index is 0.00877. The lowest BCUT2D eigenvalue weighted by Gasteiger charge is -2.14. The van der Waals surface area contributed by atoms with Gasteiger partial charge in [-0.3, -0.25) is 4.79 Å². The molecular formula is C26H20FIN2O5. The van der Waals surface area contributed by atoms with Gasteiger partial charge in [-0.2, -0.15) is 5.26 Å². The molecule has 0 aromatic heterocycles. The third-order valence-electron chi connectivity index (χ3n) is 4.82. The van der Waals surface area contributed by atoms with Crippen LogP contribution in [0.4, 0.5) is 10.1 Å². The van der Waals surface area contributed by atoms with Crippen molar-refractivity contribution in [2.45, 2.75) is 6.61 Å². The quantitative estimate of drug-likeness (QED) is 0.166. The minimum Gasteiger partial charge on any atom is -0.493 e. The van der Waals surface area contributed by atoms with Gasteiger partial charge in [0.25, 0.3) is 5.91 Å². The second kappa shape index (κ2) is 12.0. The summed E-state index contributed by atoms with van der Waals surface area (Å²) in [7, 11) is 2.74. The van der Waals surface area contributed by atoms with Gasteiger partial charge >= 0.3 is 5.97 Å². The first-order valence-corrected chi connectivity index (χ1v) is 11.3. The molecule has 35 heavy (non-hydrogen) atoms. The SMILES string of the molecule is COC(=O)c1ccc(NC(=O)/C(C#N)=C/c2cc(I)c(OCc3ccccc3F)c(OC)c2)cc1. The maximum atomic E-state index is 13.9. The first-order chi connectivity index (χ1) is 16.9. The fourth-order valence-corrected chi connectivity index (χ4v) is 3.83. The van der Waals surface area contributed by atoms with E-state index in [0.29, 0.717) is 37.4 Å². The summed E-state index contributed by atoms with van der Waals surface area (Å²) >= 11 is 2.04. The zero-order valence-corrected chi connectivity index (χ0v) is 21.0. The highest BCUT2D eigenvalue weighted by molar-refractivity contribution is 14.1. The van der Waals surface area contributed by atoms with Crippen molar-refractivity contribution in [3.8, 4) is 17.6 Å². The average Bonchev–Trinajstić information content (AvgIpc) is 2.87. The lowest BCUT2D eigenvalue weighted by Crippen LogP contribution is -2.13. The zero-order chi connectivity index (χ0) is 25.4. The number of hydrogen-bond donors (Lipinski definition) is 1. The summed E-state index contributed by atoms with van der Waals surface area (Å²) in [6, 6.07) is 17.6. The van der Waals surface area contributed by atoms with E-state index in [2.05, 4.69) is 10.1 Å². The van der Waals surface area contributed by atoms with Crippen LogP contribution in [0.1, 0.15) is 21.5 Å². The standard InChI is InChI=1S/C26H20FIN2O5/c1-33-23-13-16(12-22(28)24(23)35-15-18-5-3-4-6-21(18)27)11-19(14-29)25(31)30-20-9-7-17(8-10-20)26(32)34-2/h3-13H,15H2,1-2H3,(H,30,31)/b19-11+. The second-order valence-electron chi connectivity index (χ2n) is 7.11. The maximum absolute atomic E-state index is 13.9. The molecule has 1 N–H and O–H groups in total. The van der Waals surface area contributed by atoms with Crippen molar-refractivity contribution in [2.75, 3.05) is 19.5 Å². The van der Waals surface area contributed by atoms with E-state index in [-0.39, 0.29) is 18.0 Å². The fraction of sp³-hybridized carbons (Fsp3) is 0.115. The molecule has 3 rings (SSSR count). The van der Waals surface area contributed by atoms with E-state index >= 15 is 0 Å². The molecule has 0 heterocycles. The summed E-state index contributed by atoms with van der Waals surface area (Å²) in [6.45, 7) is 0.00877. The summed E-state index contributed by atoms with van der Waals surface area (Å²) in [6.07, 6.45) is 1.42. The third kappa shape index (κ3) is 6.58. The Morgan fingerprint density at radius 3 is 2.46 bits per heavy atom. The van der Waals surface area contributed by atoms with Gasteiger partial charge in [0.15, 0.2) is 11.5 Å². The van der Waals surface area contributed by atoms with Crippen LogP contribution in [0.5, 0.6) is 11.5 Å². The highest BCUT2D eigenvalue weighted by Crippen LogP contribution is 2.35. The number of nitrogens with one attached hydrogen (secondary N) is 1. The Kier molecular flexibility index (Phi) is 8.80. The number of carbonyl (C=O) groups is 2. The van der Waals surface area contributed by atoms with Crippen LogP contribution in [0, 0.1) is 20.7 Å². The Morgan fingerprint density at radius 2 is 1.83 bits per heavy atom. The van der Waals surface area contributed by atoms with Crippen LogP contribution in [0.2, 0.25) is 0 Å². The van der Waals surface area contributed by atoms with Crippen LogP contribution in [0.15, 0.2) is 66.2 Å². The second-order valence-corrected chi connectivity index (χ2v) is 8.27.